The van der Waals surface area contributed by atoms with Crippen molar-refractivity contribution in [2.45, 2.75) is 45.7 Å². The first-order chi connectivity index (χ1) is 9.76. The Morgan fingerprint density at radius 2 is 2.05 bits per heavy atom. The number of nitrogens with zero attached hydrogens (tertiary/aromatic N) is 2. The molecule has 1 atom stereocenters. The number of para-hydroxylation sites is 1. The lowest BCUT2D eigenvalue weighted by Crippen LogP contribution is -2.37. The third kappa shape index (κ3) is 3.45. The van der Waals surface area contributed by atoms with Gasteiger partial charge in [0.15, 0.2) is 0 Å². The molecule has 0 fully saturated rings. The summed E-state index contributed by atoms with van der Waals surface area (Å²) in [6.45, 7) is 5.99. The van der Waals surface area contributed by atoms with Crippen LogP contribution in [0.4, 0.5) is 0 Å². The van der Waals surface area contributed by atoms with Crippen LogP contribution in [0.15, 0.2) is 35.4 Å². The zero-order chi connectivity index (χ0) is 14.4. The Labute approximate surface area is 119 Å². The van der Waals surface area contributed by atoms with Crippen LogP contribution in [-0.4, -0.2) is 22.1 Å². The Morgan fingerprint density at radius 3 is 2.80 bits per heavy atom. The number of fused-ring (bicyclic) bond motifs is 1. The van der Waals surface area contributed by atoms with Gasteiger partial charge in [-0.1, -0.05) is 32.4 Å². The Kier molecular flexibility index (Phi) is 5.30. The number of hydrogen-bond acceptors (Lipinski definition) is 3. The lowest BCUT2D eigenvalue weighted by Gasteiger charge is -2.19. The summed E-state index contributed by atoms with van der Waals surface area (Å²) in [5.74, 6) is 0. The summed E-state index contributed by atoms with van der Waals surface area (Å²) < 4.78 is 1.73. The summed E-state index contributed by atoms with van der Waals surface area (Å²) in [5, 5.41) is 4.20. The quantitative estimate of drug-likeness (QED) is 0.843. The molecule has 1 N–H and O–H groups in total. The number of rotatable bonds is 7. The van der Waals surface area contributed by atoms with Crippen LogP contribution in [0, 0.1) is 0 Å². The molecule has 2 rings (SSSR count). The minimum atomic E-state index is 0.0509. The fourth-order valence-electron chi connectivity index (χ4n) is 2.43. The first-order valence-electron chi connectivity index (χ1n) is 7.43. The fraction of sp³-hybridized carbons (Fsp3) is 0.500. The van der Waals surface area contributed by atoms with Crippen LogP contribution >= 0.6 is 0 Å². The molecule has 0 spiro atoms. The minimum Gasteiger partial charge on any atom is -0.312 e. The molecule has 0 saturated carbocycles. The van der Waals surface area contributed by atoms with E-state index in [9.17, 15) is 4.79 Å². The molecule has 1 unspecified atom stereocenters. The van der Waals surface area contributed by atoms with Gasteiger partial charge in [0.2, 0.25) is 0 Å². The normalized spacial score (nSPS) is 12.7. The van der Waals surface area contributed by atoms with Crippen molar-refractivity contribution in [3.8, 4) is 0 Å². The van der Waals surface area contributed by atoms with E-state index in [2.05, 4.69) is 24.1 Å². The van der Waals surface area contributed by atoms with E-state index >= 15 is 0 Å². The molecular formula is C16H23N3O. The van der Waals surface area contributed by atoms with Gasteiger partial charge in [-0.05, 0) is 31.5 Å². The van der Waals surface area contributed by atoms with Crippen molar-refractivity contribution in [2.24, 2.45) is 0 Å². The molecule has 0 aliphatic heterocycles. The van der Waals surface area contributed by atoms with E-state index < -0.39 is 0 Å². The maximum Gasteiger partial charge on any atom is 0.261 e. The predicted octanol–water partition coefficient (Wildman–Crippen LogP) is 2.56. The zero-order valence-electron chi connectivity index (χ0n) is 12.3. The van der Waals surface area contributed by atoms with E-state index in [0.29, 0.717) is 18.0 Å². The molecule has 1 aromatic heterocycles. The second kappa shape index (κ2) is 7.20. The third-order valence-corrected chi connectivity index (χ3v) is 3.47. The lowest BCUT2D eigenvalue weighted by molar-refractivity contribution is 0.414. The summed E-state index contributed by atoms with van der Waals surface area (Å²) in [5.41, 5.74) is 0.817. The Hall–Kier alpha value is -1.68. The van der Waals surface area contributed by atoms with E-state index in [1.807, 2.05) is 24.3 Å². The van der Waals surface area contributed by atoms with Crippen molar-refractivity contribution in [1.29, 1.82) is 0 Å². The molecule has 0 aliphatic carbocycles. The fourth-order valence-corrected chi connectivity index (χ4v) is 2.43. The van der Waals surface area contributed by atoms with E-state index in [4.69, 9.17) is 0 Å². The maximum atomic E-state index is 12.4. The third-order valence-electron chi connectivity index (χ3n) is 3.47. The van der Waals surface area contributed by atoms with Gasteiger partial charge in [-0.25, -0.2) is 4.98 Å². The molecule has 4 heteroatoms. The molecule has 0 bridgehead atoms. The van der Waals surface area contributed by atoms with Crippen molar-refractivity contribution in [3.05, 3.63) is 40.9 Å². The Balaban J connectivity index is 2.23. The van der Waals surface area contributed by atoms with Gasteiger partial charge in [-0.15, -0.1) is 0 Å². The van der Waals surface area contributed by atoms with Gasteiger partial charge in [-0.3, -0.25) is 9.36 Å². The summed E-state index contributed by atoms with van der Waals surface area (Å²) in [4.78, 5) is 16.8. The van der Waals surface area contributed by atoms with Crippen molar-refractivity contribution < 1.29 is 0 Å². The number of aromatic nitrogens is 2. The molecule has 1 aromatic carbocycles. The first kappa shape index (κ1) is 14.7. The maximum absolute atomic E-state index is 12.4. The largest absolute Gasteiger partial charge is 0.312 e. The molecule has 20 heavy (non-hydrogen) atoms. The van der Waals surface area contributed by atoms with Gasteiger partial charge in [0.1, 0.15) is 0 Å². The highest BCUT2D eigenvalue weighted by Crippen LogP contribution is 2.06. The second-order valence-corrected chi connectivity index (χ2v) is 5.16. The molecule has 0 radical (unpaired) electrons. The smallest absolute Gasteiger partial charge is 0.261 e. The van der Waals surface area contributed by atoms with Gasteiger partial charge in [-0.2, -0.15) is 0 Å². The summed E-state index contributed by atoms with van der Waals surface area (Å²) in [6, 6.07) is 7.84. The van der Waals surface area contributed by atoms with Crippen molar-refractivity contribution in [2.75, 3.05) is 6.54 Å². The van der Waals surface area contributed by atoms with Crippen LogP contribution in [0.5, 0.6) is 0 Å². The van der Waals surface area contributed by atoms with Crippen LogP contribution in [0.3, 0.4) is 0 Å². The summed E-state index contributed by atoms with van der Waals surface area (Å²) in [7, 11) is 0. The summed E-state index contributed by atoms with van der Waals surface area (Å²) >= 11 is 0. The Morgan fingerprint density at radius 1 is 1.25 bits per heavy atom. The topological polar surface area (TPSA) is 46.9 Å². The van der Waals surface area contributed by atoms with Crippen LogP contribution in [0.1, 0.15) is 33.1 Å². The minimum absolute atomic E-state index is 0.0509. The van der Waals surface area contributed by atoms with Crippen LogP contribution < -0.4 is 10.9 Å². The highest BCUT2D eigenvalue weighted by atomic mass is 16.1. The average molecular weight is 273 g/mol. The number of benzene rings is 1. The van der Waals surface area contributed by atoms with Gasteiger partial charge in [0, 0.05) is 12.6 Å². The van der Waals surface area contributed by atoms with E-state index in [1.54, 1.807) is 10.9 Å². The monoisotopic (exact) mass is 273 g/mol. The SMILES string of the molecule is CCCNC(CCC)Cn1cnc2ccccc2c1=O. The second-order valence-electron chi connectivity index (χ2n) is 5.16. The first-order valence-corrected chi connectivity index (χ1v) is 7.43. The molecular weight excluding hydrogens is 250 g/mol. The molecule has 108 valence electrons. The molecule has 0 amide bonds. The molecule has 4 nitrogen and oxygen atoms in total. The van der Waals surface area contributed by atoms with Crippen LogP contribution in [0.25, 0.3) is 10.9 Å². The highest BCUT2D eigenvalue weighted by Gasteiger charge is 2.10. The van der Waals surface area contributed by atoms with Crippen LogP contribution in [-0.2, 0) is 6.54 Å². The van der Waals surface area contributed by atoms with Gasteiger partial charge >= 0.3 is 0 Å². The van der Waals surface area contributed by atoms with E-state index in [1.165, 1.54) is 0 Å². The van der Waals surface area contributed by atoms with Gasteiger partial charge in [0.25, 0.3) is 5.56 Å². The van der Waals surface area contributed by atoms with E-state index in [0.717, 1.165) is 31.3 Å². The number of nitrogens with one attached hydrogen (secondary N) is 1. The molecule has 0 saturated heterocycles. The summed E-state index contributed by atoms with van der Waals surface area (Å²) in [6.07, 6.45) is 4.95. The van der Waals surface area contributed by atoms with Crippen molar-refractivity contribution in [3.63, 3.8) is 0 Å². The highest BCUT2D eigenvalue weighted by molar-refractivity contribution is 5.76. The molecule has 2 aromatic rings. The van der Waals surface area contributed by atoms with Crippen molar-refractivity contribution >= 4 is 10.9 Å². The van der Waals surface area contributed by atoms with Crippen molar-refractivity contribution in [1.82, 2.24) is 14.9 Å². The predicted molar refractivity (Wildman–Crippen MR) is 83.0 cm³/mol. The number of hydrogen-bond donors (Lipinski definition) is 1. The van der Waals surface area contributed by atoms with Gasteiger partial charge < -0.3 is 5.32 Å². The average Bonchev–Trinajstić information content (AvgIpc) is 2.48. The standard InChI is InChI=1S/C16H23N3O/c1-3-7-13(17-10-4-2)11-19-12-18-15-9-6-5-8-14(15)16(19)20/h5-6,8-9,12-13,17H,3-4,7,10-11H2,1-2H3. The van der Waals surface area contributed by atoms with Gasteiger partial charge in [0.05, 0.1) is 17.2 Å². The lowest BCUT2D eigenvalue weighted by atomic mass is 10.1. The molecule has 0 aliphatic rings. The Bertz CT molecular complexity index is 606. The van der Waals surface area contributed by atoms with E-state index in [-0.39, 0.29) is 5.56 Å². The molecule has 1 heterocycles. The van der Waals surface area contributed by atoms with Crippen LogP contribution in [0.2, 0.25) is 0 Å². The zero-order valence-corrected chi connectivity index (χ0v) is 12.3.